The van der Waals surface area contributed by atoms with Gasteiger partial charge in [-0.15, -0.1) is 0 Å². The third-order valence-corrected chi connectivity index (χ3v) is 5.48. The summed E-state index contributed by atoms with van der Waals surface area (Å²) in [6, 6.07) is 4.33. The van der Waals surface area contributed by atoms with E-state index in [-0.39, 0.29) is 0 Å². The Morgan fingerprint density at radius 2 is 2.13 bits per heavy atom. The van der Waals surface area contributed by atoms with Gasteiger partial charge in [-0.2, -0.15) is 0 Å². The van der Waals surface area contributed by atoms with Gasteiger partial charge in [0.25, 0.3) is 0 Å². The molecule has 15 heavy (non-hydrogen) atoms. The van der Waals surface area contributed by atoms with E-state index in [1.807, 2.05) is 6.92 Å². The van der Waals surface area contributed by atoms with Crippen LogP contribution in [0.3, 0.4) is 0 Å². The number of fused-ring (bicyclic) bond motifs is 1. The predicted octanol–water partition coefficient (Wildman–Crippen LogP) is 1.91. The molecule has 1 aromatic carbocycles. The lowest BCUT2D eigenvalue weighted by atomic mass is 10.0. The minimum atomic E-state index is -3.25. The number of hydrogen-bond acceptors (Lipinski definition) is 3. The van der Waals surface area contributed by atoms with E-state index in [1.54, 1.807) is 18.2 Å². The first-order valence-electron chi connectivity index (χ1n) is 4.77. The number of rotatable bonds is 1. The molecule has 82 valence electrons. The second-order valence-corrected chi connectivity index (χ2v) is 6.27. The van der Waals surface area contributed by atoms with Crippen molar-refractivity contribution in [1.29, 1.82) is 0 Å². The van der Waals surface area contributed by atoms with Crippen LogP contribution < -0.4 is 5.73 Å². The molecule has 0 spiro atoms. The van der Waals surface area contributed by atoms with Crippen LogP contribution >= 0.6 is 11.6 Å². The van der Waals surface area contributed by atoms with Crippen molar-refractivity contribution < 1.29 is 8.42 Å². The van der Waals surface area contributed by atoms with Crippen LogP contribution in [-0.2, 0) is 9.84 Å². The lowest BCUT2D eigenvalue weighted by Gasteiger charge is -2.11. The van der Waals surface area contributed by atoms with Gasteiger partial charge < -0.3 is 5.73 Å². The van der Waals surface area contributed by atoms with Crippen LogP contribution in [0, 0.1) is 0 Å². The molecule has 3 nitrogen and oxygen atoms in total. The van der Waals surface area contributed by atoms with E-state index in [2.05, 4.69) is 0 Å². The average Bonchev–Trinajstić information content (AvgIpc) is 2.34. The van der Waals surface area contributed by atoms with Crippen molar-refractivity contribution in [3.63, 3.8) is 0 Å². The SMILES string of the molecule is CCC1C(N)c2cc(Cl)ccc2S1(=O)=O. The molecule has 1 heterocycles. The van der Waals surface area contributed by atoms with E-state index < -0.39 is 21.1 Å². The Labute approximate surface area is 94.2 Å². The zero-order valence-electron chi connectivity index (χ0n) is 8.27. The fraction of sp³-hybridized carbons (Fsp3) is 0.400. The van der Waals surface area contributed by atoms with Gasteiger partial charge in [-0.25, -0.2) is 8.42 Å². The Balaban J connectivity index is 2.68. The minimum Gasteiger partial charge on any atom is -0.323 e. The molecule has 0 fully saturated rings. The lowest BCUT2D eigenvalue weighted by molar-refractivity contribution is 0.567. The van der Waals surface area contributed by atoms with Crippen molar-refractivity contribution in [3.8, 4) is 0 Å². The highest BCUT2D eigenvalue weighted by Crippen LogP contribution is 2.39. The van der Waals surface area contributed by atoms with E-state index in [0.29, 0.717) is 21.9 Å². The number of halogens is 1. The van der Waals surface area contributed by atoms with Gasteiger partial charge >= 0.3 is 0 Å². The van der Waals surface area contributed by atoms with Gasteiger partial charge in [0.2, 0.25) is 0 Å². The van der Waals surface area contributed by atoms with Gasteiger partial charge in [-0.05, 0) is 30.2 Å². The summed E-state index contributed by atoms with van der Waals surface area (Å²) in [5, 5.41) is 0.0159. The largest absolute Gasteiger partial charge is 0.323 e. The molecule has 2 N–H and O–H groups in total. The normalized spacial score (nSPS) is 27.7. The maximum atomic E-state index is 12.0. The van der Waals surface area contributed by atoms with Crippen molar-refractivity contribution in [2.24, 2.45) is 5.73 Å². The summed E-state index contributed by atoms with van der Waals surface area (Å²) >= 11 is 5.82. The van der Waals surface area contributed by atoms with Crippen LogP contribution in [-0.4, -0.2) is 13.7 Å². The van der Waals surface area contributed by atoms with E-state index in [4.69, 9.17) is 17.3 Å². The smallest absolute Gasteiger partial charge is 0.183 e. The highest BCUT2D eigenvalue weighted by molar-refractivity contribution is 7.92. The summed E-state index contributed by atoms with van der Waals surface area (Å²) in [5.74, 6) is 0. The van der Waals surface area contributed by atoms with E-state index in [9.17, 15) is 8.42 Å². The summed E-state index contributed by atoms with van der Waals surface area (Å²) in [4.78, 5) is 0.339. The second-order valence-electron chi connectivity index (χ2n) is 3.70. The molecule has 0 aromatic heterocycles. The molecule has 2 rings (SSSR count). The van der Waals surface area contributed by atoms with E-state index >= 15 is 0 Å². The van der Waals surface area contributed by atoms with Crippen LogP contribution in [0.4, 0.5) is 0 Å². The molecule has 1 aliphatic rings. The fourth-order valence-electron chi connectivity index (χ4n) is 2.07. The molecule has 0 saturated carbocycles. The third kappa shape index (κ3) is 1.48. The number of sulfone groups is 1. The quantitative estimate of drug-likeness (QED) is 0.822. The maximum Gasteiger partial charge on any atom is 0.183 e. The first kappa shape index (κ1) is 10.9. The van der Waals surface area contributed by atoms with Crippen molar-refractivity contribution in [2.45, 2.75) is 29.5 Å². The molecule has 1 aliphatic heterocycles. The zero-order valence-corrected chi connectivity index (χ0v) is 9.85. The van der Waals surface area contributed by atoms with Gasteiger partial charge in [0.15, 0.2) is 9.84 Å². The summed E-state index contributed by atoms with van der Waals surface area (Å²) in [6.07, 6.45) is 0.524. The summed E-state index contributed by atoms with van der Waals surface area (Å²) in [6.45, 7) is 1.83. The predicted molar refractivity (Wildman–Crippen MR) is 59.6 cm³/mol. The van der Waals surface area contributed by atoms with Gasteiger partial charge in [-0.1, -0.05) is 18.5 Å². The summed E-state index contributed by atoms with van der Waals surface area (Å²) < 4.78 is 24.0. The Morgan fingerprint density at radius 3 is 2.73 bits per heavy atom. The summed E-state index contributed by atoms with van der Waals surface area (Å²) in [5.41, 5.74) is 6.56. The van der Waals surface area contributed by atoms with E-state index in [1.165, 1.54) is 0 Å². The lowest BCUT2D eigenvalue weighted by Crippen LogP contribution is -2.25. The van der Waals surface area contributed by atoms with Crippen LogP contribution in [0.5, 0.6) is 0 Å². The first-order chi connectivity index (χ1) is 6.98. The molecular weight excluding hydrogens is 234 g/mol. The number of hydrogen-bond donors (Lipinski definition) is 1. The van der Waals surface area contributed by atoms with Gasteiger partial charge in [0, 0.05) is 11.1 Å². The molecule has 0 amide bonds. The molecule has 2 unspecified atom stereocenters. The van der Waals surface area contributed by atoms with E-state index in [0.717, 1.165) is 0 Å². The van der Waals surface area contributed by atoms with Crippen molar-refractivity contribution >= 4 is 21.4 Å². The molecule has 2 atom stereocenters. The summed E-state index contributed by atoms with van der Waals surface area (Å²) in [7, 11) is -3.25. The molecule has 5 heteroatoms. The fourth-order valence-corrected chi connectivity index (χ4v) is 4.33. The number of benzene rings is 1. The van der Waals surface area contributed by atoms with Crippen LogP contribution in [0.1, 0.15) is 24.9 Å². The molecule has 0 radical (unpaired) electrons. The Bertz CT molecular complexity index is 498. The van der Waals surface area contributed by atoms with Gasteiger partial charge in [0.1, 0.15) is 0 Å². The third-order valence-electron chi connectivity index (χ3n) is 2.84. The topological polar surface area (TPSA) is 60.2 Å². The minimum absolute atomic E-state index is 0.339. The maximum absolute atomic E-state index is 12.0. The van der Waals surface area contributed by atoms with Crippen molar-refractivity contribution in [2.75, 3.05) is 0 Å². The first-order valence-corrected chi connectivity index (χ1v) is 6.70. The standard InChI is InChI=1S/C10H12ClNO2S/c1-2-8-10(12)7-5-6(11)3-4-9(7)15(8,13)14/h3-5,8,10H,2,12H2,1H3. The van der Waals surface area contributed by atoms with Gasteiger partial charge in [-0.3, -0.25) is 0 Å². The second kappa shape index (κ2) is 3.47. The molecular formula is C10H12ClNO2S. The van der Waals surface area contributed by atoms with Crippen molar-refractivity contribution in [1.82, 2.24) is 0 Å². The Kier molecular flexibility index (Phi) is 2.53. The molecule has 0 aliphatic carbocycles. The molecule has 0 saturated heterocycles. The highest BCUT2D eigenvalue weighted by atomic mass is 35.5. The zero-order chi connectivity index (χ0) is 11.2. The number of nitrogens with two attached hydrogens (primary N) is 1. The van der Waals surface area contributed by atoms with Crippen LogP contribution in [0.25, 0.3) is 0 Å². The van der Waals surface area contributed by atoms with Crippen LogP contribution in [0.15, 0.2) is 23.1 Å². The Morgan fingerprint density at radius 1 is 1.47 bits per heavy atom. The Hall–Kier alpha value is -0.580. The van der Waals surface area contributed by atoms with Gasteiger partial charge in [0.05, 0.1) is 10.1 Å². The average molecular weight is 246 g/mol. The molecule has 1 aromatic rings. The molecule has 0 bridgehead atoms. The van der Waals surface area contributed by atoms with Crippen molar-refractivity contribution in [3.05, 3.63) is 28.8 Å². The van der Waals surface area contributed by atoms with Crippen LogP contribution in [0.2, 0.25) is 5.02 Å². The monoisotopic (exact) mass is 245 g/mol. The highest BCUT2D eigenvalue weighted by Gasteiger charge is 2.41.